The summed E-state index contributed by atoms with van der Waals surface area (Å²) in [6.07, 6.45) is 4.37. The highest BCUT2D eigenvalue weighted by Crippen LogP contribution is 2.29. The van der Waals surface area contributed by atoms with E-state index in [-0.39, 0.29) is 5.91 Å². The van der Waals surface area contributed by atoms with Crippen molar-refractivity contribution in [2.45, 2.75) is 6.54 Å². The summed E-state index contributed by atoms with van der Waals surface area (Å²) in [5.74, 6) is 0.953. The number of rotatable bonds is 7. The summed E-state index contributed by atoms with van der Waals surface area (Å²) < 4.78 is 7.71. The molecule has 3 heterocycles. The largest absolute Gasteiger partial charge is 0.496 e. The van der Waals surface area contributed by atoms with Gasteiger partial charge in [-0.3, -0.25) is 9.69 Å². The topological polar surface area (TPSA) is 37.7 Å². The number of nitrogens with zero attached hydrogens (tertiary/aromatic N) is 3. The number of methoxy groups -OCH3 is 1. The first kappa shape index (κ1) is 22.4. The van der Waals surface area contributed by atoms with E-state index in [1.165, 1.54) is 5.56 Å². The van der Waals surface area contributed by atoms with Crippen LogP contribution in [-0.2, 0) is 6.54 Å². The Kier molecular flexibility index (Phi) is 6.79. The van der Waals surface area contributed by atoms with Gasteiger partial charge in [-0.25, -0.2) is 0 Å². The van der Waals surface area contributed by atoms with Gasteiger partial charge < -0.3 is 14.2 Å². The molecule has 1 aliphatic heterocycles. The Hall–Kier alpha value is -3.35. The van der Waals surface area contributed by atoms with Gasteiger partial charge in [0, 0.05) is 43.7 Å². The van der Waals surface area contributed by atoms with Crippen LogP contribution in [0.4, 0.5) is 0 Å². The number of hydrogen-bond donors (Lipinski definition) is 0. The van der Waals surface area contributed by atoms with Crippen LogP contribution in [0.1, 0.15) is 21.6 Å². The number of hydrogen-bond acceptors (Lipinski definition) is 4. The summed E-state index contributed by atoms with van der Waals surface area (Å²) in [6, 6.07) is 22.5. The van der Waals surface area contributed by atoms with Crippen LogP contribution >= 0.6 is 11.3 Å². The number of para-hydroxylation sites is 1. The Balaban J connectivity index is 1.27. The summed E-state index contributed by atoms with van der Waals surface area (Å²) >= 11 is 1.67. The number of piperazine rings is 1. The van der Waals surface area contributed by atoms with Crippen LogP contribution in [-0.4, -0.2) is 60.1 Å². The Morgan fingerprint density at radius 3 is 2.56 bits per heavy atom. The first-order chi connectivity index (χ1) is 16.7. The maximum atomic E-state index is 13.6. The number of aromatic nitrogens is 1. The van der Waals surface area contributed by atoms with E-state index < -0.39 is 0 Å². The average Bonchev–Trinajstić information content (AvgIpc) is 3.48. The van der Waals surface area contributed by atoms with E-state index in [0.717, 1.165) is 59.9 Å². The van der Waals surface area contributed by atoms with Crippen molar-refractivity contribution >= 4 is 33.5 Å². The van der Waals surface area contributed by atoms with Gasteiger partial charge >= 0.3 is 0 Å². The van der Waals surface area contributed by atoms with Gasteiger partial charge in [-0.2, -0.15) is 0 Å². The highest BCUT2D eigenvalue weighted by Gasteiger charge is 2.25. The molecule has 34 heavy (non-hydrogen) atoms. The fraction of sp³-hybridized carbons (Fsp3) is 0.250. The summed E-state index contributed by atoms with van der Waals surface area (Å²) in [6.45, 7) is 4.76. The van der Waals surface area contributed by atoms with Gasteiger partial charge in [0.2, 0.25) is 0 Å². The summed E-state index contributed by atoms with van der Waals surface area (Å²) in [7, 11) is 1.69. The zero-order chi connectivity index (χ0) is 23.3. The summed E-state index contributed by atoms with van der Waals surface area (Å²) in [5, 5.41) is 3.20. The normalized spacial score (nSPS) is 14.8. The van der Waals surface area contributed by atoms with E-state index in [9.17, 15) is 4.79 Å². The van der Waals surface area contributed by atoms with Gasteiger partial charge in [0.05, 0.1) is 13.7 Å². The fourth-order valence-corrected chi connectivity index (χ4v) is 5.41. The van der Waals surface area contributed by atoms with Crippen LogP contribution < -0.4 is 4.74 Å². The molecule has 5 rings (SSSR count). The number of benzene rings is 2. The average molecular weight is 472 g/mol. The van der Waals surface area contributed by atoms with Crippen LogP contribution in [0.25, 0.3) is 16.3 Å². The maximum Gasteiger partial charge on any atom is 0.270 e. The lowest BCUT2D eigenvalue weighted by Gasteiger charge is -2.34. The van der Waals surface area contributed by atoms with Crippen LogP contribution in [0.2, 0.25) is 0 Å². The third-order valence-electron chi connectivity index (χ3n) is 6.38. The molecule has 1 amide bonds. The van der Waals surface area contributed by atoms with Gasteiger partial charge in [0.1, 0.15) is 16.3 Å². The molecule has 0 radical (unpaired) electrons. The molecule has 0 spiro atoms. The van der Waals surface area contributed by atoms with Gasteiger partial charge in [-0.1, -0.05) is 60.7 Å². The van der Waals surface area contributed by atoms with Crippen LogP contribution in [0.5, 0.6) is 5.75 Å². The Morgan fingerprint density at radius 2 is 1.76 bits per heavy atom. The monoisotopic (exact) mass is 471 g/mol. The van der Waals surface area contributed by atoms with Gasteiger partial charge in [0.25, 0.3) is 5.91 Å². The minimum atomic E-state index is 0.109. The second-order valence-corrected chi connectivity index (χ2v) is 9.41. The molecule has 2 aromatic carbocycles. The van der Waals surface area contributed by atoms with Gasteiger partial charge in [-0.15, -0.1) is 11.3 Å². The van der Waals surface area contributed by atoms with E-state index in [0.29, 0.717) is 6.54 Å². The first-order valence-corrected chi connectivity index (χ1v) is 12.5. The van der Waals surface area contributed by atoms with Crippen molar-refractivity contribution in [2.75, 3.05) is 39.8 Å². The molecule has 1 saturated heterocycles. The molecule has 174 valence electrons. The van der Waals surface area contributed by atoms with Gasteiger partial charge in [-0.05, 0) is 29.1 Å². The maximum absolute atomic E-state index is 13.6. The molecular weight excluding hydrogens is 442 g/mol. The van der Waals surface area contributed by atoms with Crippen molar-refractivity contribution in [3.63, 3.8) is 0 Å². The molecule has 0 aliphatic carbocycles. The van der Waals surface area contributed by atoms with E-state index in [4.69, 9.17) is 4.74 Å². The molecule has 2 aromatic heterocycles. The molecular formula is C28H29N3O2S. The van der Waals surface area contributed by atoms with Crippen molar-refractivity contribution in [3.8, 4) is 5.75 Å². The second kappa shape index (κ2) is 10.3. The van der Waals surface area contributed by atoms with E-state index in [2.05, 4.69) is 63.4 Å². The smallest absolute Gasteiger partial charge is 0.270 e. The molecule has 0 saturated carbocycles. The highest BCUT2D eigenvalue weighted by molar-refractivity contribution is 7.16. The van der Waals surface area contributed by atoms with Crippen LogP contribution in [0.15, 0.2) is 78.2 Å². The predicted molar refractivity (Wildman–Crippen MR) is 140 cm³/mol. The second-order valence-electron chi connectivity index (χ2n) is 8.51. The number of thiophene rings is 1. The van der Waals surface area contributed by atoms with Crippen molar-refractivity contribution in [3.05, 3.63) is 95.0 Å². The zero-order valence-corrected chi connectivity index (χ0v) is 20.2. The lowest BCUT2D eigenvalue weighted by atomic mass is 10.2. The van der Waals surface area contributed by atoms with Crippen molar-refractivity contribution < 1.29 is 9.53 Å². The fourth-order valence-electron chi connectivity index (χ4n) is 4.51. The highest BCUT2D eigenvalue weighted by atomic mass is 32.1. The molecule has 0 bridgehead atoms. The third-order valence-corrected chi connectivity index (χ3v) is 7.33. The summed E-state index contributed by atoms with van der Waals surface area (Å²) in [5.41, 5.74) is 3.04. The van der Waals surface area contributed by atoms with Crippen molar-refractivity contribution in [1.82, 2.24) is 14.4 Å². The minimum Gasteiger partial charge on any atom is -0.496 e. The molecule has 0 atom stereocenters. The zero-order valence-electron chi connectivity index (χ0n) is 19.4. The van der Waals surface area contributed by atoms with Crippen LogP contribution in [0.3, 0.4) is 0 Å². The molecule has 6 heteroatoms. The number of carbonyl (C=O) groups is 1. The molecule has 1 fully saturated rings. The Morgan fingerprint density at radius 1 is 1.00 bits per heavy atom. The molecule has 1 aliphatic rings. The third kappa shape index (κ3) is 4.79. The van der Waals surface area contributed by atoms with Crippen molar-refractivity contribution in [1.29, 1.82) is 0 Å². The quantitative estimate of drug-likeness (QED) is 0.370. The molecule has 4 aromatic rings. The lowest BCUT2D eigenvalue weighted by molar-refractivity contribution is 0.0640. The van der Waals surface area contributed by atoms with Crippen LogP contribution in [0, 0.1) is 0 Å². The Bertz CT molecular complexity index is 1280. The number of ether oxygens (including phenoxy) is 1. The predicted octanol–water partition coefficient (Wildman–Crippen LogP) is 5.23. The molecule has 5 nitrogen and oxygen atoms in total. The minimum absolute atomic E-state index is 0.109. The lowest BCUT2D eigenvalue weighted by Crippen LogP contribution is -2.49. The number of fused-ring (bicyclic) bond motifs is 1. The van der Waals surface area contributed by atoms with E-state index >= 15 is 0 Å². The SMILES string of the molecule is COc1ccccc1Cn1c(C(=O)N2CCN(C/C=C/c3ccccc3)CC2)cc2ccsc21. The van der Waals surface area contributed by atoms with Crippen molar-refractivity contribution in [2.24, 2.45) is 0 Å². The molecule has 0 unspecified atom stereocenters. The number of amides is 1. The summed E-state index contributed by atoms with van der Waals surface area (Å²) in [4.78, 5) is 19.1. The number of carbonyl (C=O) groups excluding carboxylic acids is 1. The first-order valence-electron chi connectivity index (χ1n) is 11.6. The van der Waals surface area contributed by atoms with E-state index in [1.54, 1.807) is 18.4 Å². The van der Waals surface area contributed by atoms with E-state index in [1.807, 2.05) is 35.2 Å². The molecule has 0 N–H and O–H groups in total. The standard InChI is InChI=1S/C28H29N3O2S/c1-33-26-12-6-5-11-24(26)21-31-25(20-23-13-19-34-28(23)31)27(32)30-17-15-29(16-18-30)14-7-10-22-8-3-2-4-9-22/h2-13,19-20H,14-18,21H2,1H3/b10-7+. The van der Waals surface area contributed by atoms with Gasteiger partial charge in [0.15, 0.2) is 0 Å². The Labute approximate surface area is 204 Å².